The van der Waals surface area contributed by atoms with Gasteiger partial charge in [0, 0.05) is 6.20 Å². The molecule has 1 fully saturated rings. The Balaban J connectivity index is 2.17. The van der Waals surface area contributed by atoms with Crippen LogP contribution in [0.5, 0.6) is 0 Å². The van der Waals surface area contributed by atoms with Crippen molar-refractivity contribution >= 4 is 0 Å². The van der Waals surface area contributed by atoms with Crippen LogP contribution in [0, 0.1) is 25.7 Å². The first-order valence-corrected chi connectivity index (χ1v) is 7.01. The van der Waals surface area contributed by atoms with Gasteiger partial charge in [-0.05, 0) is 49.7 Å². The van der Waals surface area contributed by atoms with Crippen LogP contribution in [0.1, 0.15) is 55.5 Å². The molecule has 1 aliphatic rings. The minimum Gasteiger partial charge on any atom is -0.271 e. The van der Waals surface area contributed by atoms with E-state index in [1.807, 2.05) is 6.20 Å². The van der Waals surface area contributed by atoms with Crippen LogP contribution in [0.15, 0.2) is 12.3 Å². The standard InChI is InChI=1S/C15H25N3/c1-10-4-6-13(7-5-10)15(18-16)14-12(3)8-11(2)9-17-14/h8-10,13,15,18H,4-7,16H2,1-3H3. The number of hydrogen-bond donors (Lipinski definition) is 2. The lowest BCUT2D eigenvalue weighted by atomic mass is 9.78. The molecule has 0 radical (unpaired) electrons. The van der Waals surface area contributed by atoms with Crippen molar-refractivity contribution in [2.75, 3.05) is 0 Å². The van der Waals surface area contributed by atoms with Gasteiger partial charge in [-0.25, -0.2) is 0 Å². The zero-order chi connectivity index (χ0) is 13.1. The monoisotopic (exact) mass is 247 g/mol. The molecule has 0 bridgehead atoms. The molecular weight excluding hydrogens is 222 g/mol. The summed E-state index contributed by atoms with van der Waals surface area (Å²) < 4.78 is 0. The van der Waals surface area contributed by atoms with Crippen molar-refractivity contribution < 1.29 is 0 Å². The van der Waals surface area contributed by atoms with Crippen molar-refractivity contribution in [2.45, 2.75) is 52.5 Å². The number of hydrazine groups is 1. The van der Waals surface area contributed by atoms with E-state index in [1.165, 1.54) is 36.8 Å². The van der Waals surface area contributed by atoms with Crippen LogP contribution >= 0.6 is 0 Å². The lowest BCUT2D eigenvalue weighted by molar-refractivity contribution is 0.229. The molecule has 1 aromatic heterocycles. The summed E-state index contributed by atoms with van der Waals surface area (Å²) >= 11 is 0. The van der Waals surface area contributed by atoms with Crippen molar-refractivity contribution in [3.63, 3.8) is 0 Å². The van der Waals surface area contributed by atoms with Crippen LogP contribution in [0.3, 0.4) is 0 Å². The predicted octanol–water partition coefficient (Wildman–Crippen LogP) is 3.03. The van der Waals surface area contributed by atoms with Crippen LogP contribution in [0.2, 0.25) is 0 Å². The van der Waals surface area contributed by atoms with Gasteiger partial charge in [0.15, 0.2) is 0 Å². The van der Waals surface area contributed by atoms with E-state index in [0.29, 0.717) is 5.92 Å². The zero-order valence-corrected chi connectivity index (χ0v) is 11.7. The fourth-order valence-electron chi connectivity index (χ4n) is 3.11. The van der Waals surface area contributed by atoms with Crippen molar-refractivity contribution in [2.24, 2.45) is 17.7 Å². The summed E-state index contributed by atoms with van der Waals surface area (Å²) in [6.07, 6.45) is 7.08. The highest BCUT2D eigenvalue weighted by molar-refractivity contribution is 5.26. The van der Waals surface area contributed by atoms with Gasteiger partial charge in [-0.3, -0.25) is 16.3 Å². The smallest absolute Gasteiger partial charge is 0.0662 e. The van der Waals surface area contributed by atoms with Gasteiger partial charge in [0.1, 0.15) is 0 Å². The number of hydrogen-bond acceptors (Lipinski definition) is 3. The molecule has 1 aromatic rings. The third kappa shape index (κ3) is 2.90. The maximum atomic E-state index is 5.79. The Kier molecular flexibility index (Phi) is 4.36. The maximum Gasteiger partial charge on any atom is 0.0662 e. The van der Waals surface area contributed by atoms with Gasteiger partial charge in [-0.1, -0.05) is 25.8 Å². The van der Waals surface area contributed by atoms with E-state index in [0.717, 1.165) is 11.6 Å². The summed E-state index contributed by atoms with van der Waals surface area (Å²) in [5.74, 6) is 7.28. The highest BCUT2D eigenvalue weighted by Crippen LogP contribution is 2.36. The van der Waals surface area contributed by atoms with Gasteiger partial charge in [0.25, 0.3) is 0 Å². The second kappa shape index (κ2) is 5.81. The summed E-state index contributed by atoms with van der Waals surface area (Å²) in [4.78, 5) is 4.60. The number of aromatic nitrogens is 1. The summed E-state index contributed by atoms with van der Waals surface area (Å²) in [6.45, 7) is 6.55. The number of rotatable bonds is 3. The third-order valence-electron chi connectivity index (χ3n) is 4.26. The number of pyridine rings is 1. The summed E-state index contributed by atoms with van der Waals surface area (Å²) in [5.41, 5.74) is 6.59. The maximum absolute atomic E-state index is 5.79. The second-order valence-electron chi connectivity index (χ2n) is 5.88. The largest absolute Gasteiger partial charge is 0.271 e. The Labute approximate surface area is 110 Å². The highest BCUT2D eigenvalue weighted by Gasteiger charge is 2.28. The van der Waals surface area contributed by atoms with Crippen molar-refractivity contribution in [3.05, 3.63) is 29.1 Å². The zero-order valence-electron chi connectivity index (χ0n) is 11.7. The van der Waals surface area contributed by atoms with Crippen LogP contribution in [-0.4, -0.2) is 4.98 Å². The first kappa shape index (κ1) is 13.5. The molecule has 3 nitrogen and oxygen atoms in total. The third-order valence-corrected chi connectivity index (χ3v) is 4.26. The molecule has 18 heavy (non-hydrogen) atoms. The Bertz CT molecular complexity index is 395. The average molecular weight is 247 g/mol. The number of aryl methyl sites for hydroxylation is 2. The Hall–Kier alpha value is -0.930. The quantitative estimate of drug-likeness (QED) is 0.637. The van der Waals surface area contributed by atoms with E-state index in [-0.39, 0.29) is 6.04 Å². The fourth-order valence-corrected chi connectivity index (χ4v) is 3.11. The molecule has 0 spiro atoms. The molecular formula is C15H25N3. The molecule has 0 saturated heterocycles. The van der Waals surface area contributed by atoms with Gasteiger partial charge in [0.05, 0.1) is 11.7 Å². The van der Waals surface area contributed by atoms with Crippen molar-refractivity contribution in [3.8, 4) is 0 Å². The minimum atomic E-state index is 0.207. The SMILES string of the molecule is Cc1cnc(C(NN)C2CCC(C)CC2)c(C)c1. The molecule has 100 valence electrons. The van der Waals surface area contributed by atoms with Crippen LogP contribution in [-0.2, 0) is 0 Å². The van der Waals surface area contributed by atoms with Crippen LogP contribution < -0.4 is 11.3 Å². The average Bonchev–Trinajstić information content (AvgIpc) is 2.35. The van der Waals surface area contributed by atoms with E-state index in [1.54, 1.807) is 0 Å². The molecule has 2 rings (SSSR count). The molecule has 0 aliphatic heterocycles. The minimum absolute atomic E-state index is 0.207. The molecule has 1 heterocycles. The Morgan fingerprint density at radius 1 is 1.28 bits per heavy atom. The normalized spacial score (nSPS) is 26.0. The molecule has 1 atom stereocenters. The Morgan fingerprint density at radius 2 is 1.94 bits per heavy atom. The van der Waals surface area contributed by atoms with Crippen molar-refractivity contribution in [1.82, 2.24) is 10.4 Å². The summed E-state index contributed by atoms with van der Waals surface area (Å²) in [7, 11) is 0. The predicted molar refractivity (Wildman–Crippen MR) is 74.9 cm³/mol. The van der Waals surface area contributed by atoms with Gasteiger partial charge in [-0.15, -0.1) is 0 Å². The summed E-state index contributed by atoms with van der Waals surface area (Å²) in [5, 5.41) is 0. The van der Waals surface area contributed by atoms with E-state index < -0.39 is 0 Å². The van der Waals surface area contributed by atoms with Gasteiger partial charge in [0.2, 0.25) is 0 Å². The van der Waals surface area contributed by atoms with Gasteiger partial charge >= 0.3 is 0 Å². The topological polar surface area (TPSA) is 50.9 Å². The molecule has 1 aliphatic carbocycles. The molecule has 1 unspecified atom stereocenters. The van der Waals surface area contributed by atoms with Crippen LogP contribution in [0.25, 0.3) is 0 Å². The first-order valence-electron chi connectivity index (χ1n) is 7.01. The lowest BCUT2D eigenvalue weighted by Gasteiger charge is -2.32. The van der Waals surface area contributed by atoms with Gasteiger partial charge < -0.3 is 0 Å². The lowest BCUT2D eigenvalue weighted by Crippen LogP contribution is -2.36. The molecule has 0 amide bonds. The molecule has 1 saturated carbocycles. The number of nitrogens with zero attached hydrogens (tertiary/aromatic N) is 1. The summed E-state index contributed by atoms with van der Waals surface area (Å²) in [6, 6.07) is 2.40. The van der Waals surface area contributed by atoms with Crippen molar-refractivity contribution in [1.29, 1.82) is 0 Å². The molecule has 3 N–H and O–H groups in total. The van der Waals surface area contributed by atoms with E-state index >= 15 is 0 Å². The molecule has 3 heteroatoms. The molecule has 0 aromatic carbocycles. The van der Waals surface area contributed by atoms with E-state index in [2.05, 4.69) is 37.2 Å². The van der Waals surface area contributed by atoms with E-state index in [9.17, 15) is 0 Å². The Morgan fingerprint density at radius 3 is 2.50 bits per heavy atom. The second-order valence-corrected chi connectivity index (χ2v) is 5.88. The van der Waals surface area contributed by atoms with Gasteiger partial charge in [-0.2, -0.15) is 0 Å². The highest BCUT2D eigenvalue weighted by atomic mass is 15.2. The first-order chi connectivity index (χ1) is 8.61. The fraction of sp³-hybridized carbons (Fsp3) is 0.667. The number of nitrogens with two attached hydrogens (primary N) is 1. The van der Waals surface area contributed by atoms with E-state index in [4.69, 9.17) is 5.84 Å². The number of nitrogens with one attached hydrogen (secondary N) is 1. The van der Waals surface area contributed by atoms with Crippen LogP contribution in [0.4, 0.5) is 0 Å².